The van der Waals surface area contributed by atoms with Gasteiger partial charge in [-0.2, -0.15) is 0 Å². The van der Waals surface area contributed by atoms with Crippen molar-refractivity contribution in [1.29, 1.82) is 0 Å². The van der Waals surface area contributed by atoms with Gasteiger partial charge in [-0.15, -0.1) is 0 Å². The van der Waals surface area contributed by atoms with E-state index in [1.165, 1.54) is 19.3 Å². The van der Waals surface area contributed by atoms with E-state index < -0.39 is 0 Å². The number of hydrogen-bond donors (Lipinski definition) is 1. The van der Waals surface area contributed by atoms with Crippen molar-refractivity contribution in [3.63, 3.8) is 0 Å². The lowest BCUT2D eigenvalue weighted by Crippen LogP contribution is -2.33. The van der Waals surface area contributed by atoms with Crippen LogP contribution in [-0.2, 0) is 6.42 Å². The van der Waals surface area contributed by atoms with E-state index in [-0.39, 0.29) is 11.9 Å². The summed E-state index contributed by atoms with van der Waals surface area (Å²) in [5, 5.41) is 0. The maximum absolute atomic E-state index is 14.2. The van der Waals surface area contributed by atoms with Crippen LogP contribution < -0.4 is 10.6 Å². The van der Waals surface area contributed by atoms with Gasteiger partial charge in [0.15, 0.2) is 0 Å². The van der Waals surface area contributed by atoms with Crippen LogP contribution in [-0.4, -0.2) is 18.6 Å². The van der Waals surface area contributed by atoms with E-state index in [4.69, 9.17) is 5.73 Å². The molecule has 0 amide bonds. The summed E-state index contributed by atoms with van der Waals surface area (Å²) in [6.07, 6.45) is 5.43. The van der Waals surface area contributed by atoms with Crippen LogP contribution in [0.5, 0.6) is 0 Å². The highest BCUT2D eigenvalue weighted by atomic mass is 19.1. The van der Waals surface area contributed by atoms with Crippen LogP contribution in [0.25, 0.3) is 0 Å². The lowest BCUT2D eigenvalue weighted by atomic mass is 10.00. The van der Waals surface area contributed by atoms with Crippen LogP contribution in [0.15, 0.2) is 18.2 Å². The Balaban J connectivity index is 1.90. The number of nitrogens with zero attached hydrogens (tertiary/aromatic N) is 1. The summed E-state index contributed by atoms with van der Waals surface area (Å²) in [4.78, 5) is 2.43. The Hall–Kier alpha value is -1.09. The van der Waals surface area contributed by atoms with Crippen LogP contribution in [0, 0.1) is 11.7 Å². The van der Waals surface area contributed by atoms with Gasteiger partial charge in [-0.3, -0.25) is 0 Å². The highest BCUT2D eigenvalue weighted by Crippen LogP contribution is 2.41. The zero-order chi connectivity index (χ0) is 13.4. The average Bonchev–Trinajstić information content (AvgIpc) is 3.03. The van der Waals surface area contributed by atoms with Gasteiger partial charge in [0.2, 0.25) is 0 Å². The number of hydrogen-bond acceptors (Lipinski definition) is 2. The summed E-state index contributed by atoms with van der Waals surface area (Å²) in [5.74, 6) is 0.727. The van der Waals surface area contributed by atoms with Crippen LogP contribution >= 0.6 is 0 Å². The maximum Gasteiger partial charge on any atom is 0.128 e. The molecule has 1 heterocycles. The molecule has 2 N–H and O–H groups in total. The normalized spacial score (nSPS) is 27.0. The van der Waals surface area contributed by atoms with Crippen LogP contribution in [0.3, 0.4) is 0 Å². The average molecular weight is 262 g/mol. The molecular weight excluding hydrogens is 239 g/mol. The van der Waals surface area contributed by atoms with Gasteiger partial charge in [0, 0.05) is 29.9 Å². The van der Waals surface area contributed by atoms with Crippen molar-refractivity contribution in [3.05, 3.63) is 29.6 Å². The molecule has 3 heteroatoms. The standard InChI is InChI=1S/C16H23FN2/c1-2-12(18)9-14-15(17)4-3-5-16(14)19-10-11-6-7-13(19)8-11/h3-5,11-13H,2,6-10,18H2,1H3. The van der Waals surface area contributed by atoms with Crippen molar-refractivity contribution >= 4 is 5.69 Å². The van der Waals surface area contributed by atoms with Gasteiger partial charge in [-0.1, -0.05) is 13.0 Å². The third kappa shape index (κ3) is 2.36. The Morgan fingerprint density at radius 2 is 2.26 bits per heavy atom. The van der Waals surface area contributed by atoms with Gasteiger partial charge >= 0.3 is 0 Å². The van der Waals surface area contributed by atoms with E-state index in [1.807, 2.05) is 6.07 Å². The molecule has 104 valence electrons. The minimum atomic E-state index is -0.0934. The molecule has 0 aromatic heterocycles. The predicted octanol–water partition coefficient (Wildman–Crippen LogP) is 3.09. The van der Waals surface area contributed by atoms with Crippen molar-refractivity contribution < 1.29 is 4.39 Å². The number of benzene rings is 1. The Morgan fingerprint density at radius 1 is 1.42 bits per heavy atom. The summed E-state index contributed by atoms with van der Waals surface area (Å²) in [5.41, 5.74) is 7.95. The Kier molecular flexibility index (Phi) is 3.48. The summed E-state index contributed by atoms with van der Waals surface area (Å²) >= 11 is 0. The Bertz CT molecular complexity index is 460. The fourth-order valence-corrected chi connectivity index (χ4v) is 3.64. The van der Waals surface area contributed by atoms with E-state index in [0.717, 1.165) is 30.1 Å². The molecule has 3 rings (SSSR count). The first kappa shape index (κ1) is 12.9. The van der Waals surface area contributed by atoms with E-state index in [9.17, 15) is 4.39 Å². The quantitative estimate of drug-likeness (QED) is 0.903. The van der Waals surface area contributed by atoms with Gasteiger partial charge in [-0.25, -0.2) is 4.39 Å². The molecule has 1 aromatic carbocycles. The van der Waals surface area contributed by atoms with Crippen molar-refractivity contribution in [2.24, 2.45) is 11.7 Å². The van der Waals surface area contributed by atoms with Gasteiger partial charge in [0.25, 0.3) is 0 Å². The van der Waals surface area contributed by atoms with Gasteiger partial charge in [-0.05, 0) is 50.2 Å². The smallest absolute Gasteiger partial charge is 0.128 e. The summed E-state index contributed by atoms with van der Waals surface area (Å²) < 4.78 is 14.2. The van der Waals surface area contributed by atoms with Gasteiger partial charge in [0.1, 0.15) is 5.82 Å². The second kappa shape index (κ2) is 5.12. The summed E-state index contributed by atoms with van der Waals surface area (Å²) in [7, 11) is 0. The van der Waals surface area contributed by atoms with Crippen LogP contribution in [0.1, 0.15) is 38.2 Å². The van der Waals surface area contributed by atoms with Crippen LogP contribution in [0.2, 0.25) is 0 Å². The minimum absolute atomic E-state index is 0.0513. The first-order valence-electron chi connectivity index (χ1n) is 7.48. The molecule has 2 nitrogen and oxygen atoms in total. The number of anilines is 1. The van der Waals surface area contributed by atoms with Crippen molar-refractivity contribution in [2.45, 2.75) is 51.1 Å². The monoisotopic (exact) mass is 262 g/mol. The highest BCUT2D eigenvalue weighted by Gasteiger charge is 2.38. The molecule has 2 aliphatic rings. The molecule has 1 saturated carbocycles. The molecular formula is C16H23FN2. The van der Waals surface area contributed by atoms with E-state index in [0.29, 0.717) is 12.5 Å². The zero-order valence-electron chi connectivity index (χ0n) is 11.6. The minimum Gasteiger partial charge on any atom is -0.368 e. The third-order valence-electron chi connectivity index (χ3n) is 4.80. The second-order valence-electron chi connectivity index (χ2n) is 6.10. The van der Waals surface area contributed by atoms with E-state index in [2.05, 4.69) is 17.9 Å². The number of halogens is 1. The fraction of sp³-hybridized carbons (Fsp3) is 0.625. The first-order valence-corrected chi connectivity index (χ1v) is 7.48. The Morgan fingerprint density at radius 3 is 2.89 bits per heavy atom. The largest absolute Gasteiger partial charge is 0.368 e. The van der Waals surface area contributed by atoms with Crippen molar-refractivity contribution in [2.75, 3.05) is 11.4 Å². The maximum atomic E-state index is 14.2. The number of nitrogens with two attached hydrogens (primary N) is 1. The third-order valence-corrected chi connectivity index (χ3v) is 4.80. The predicted molar refractivity (Wildman–Crippen MR) is 76.8 cm³/mol. The molecule has 2 bridgehead atoms. The molecule has 0 spiro atoms. The first-order chi connectivity index (χ1) is 9.19. The molecule has 1 aliphatic carbocycles. The fourth-order valence-electron chi connectivity index (χ4n) is 3.64. The Labute approximate surface area is 114 Å². The lowest BCUT2D eigenvalue weighted by molar-refractivity contribution is 0.543. The lowest BCUT2D eigenvalue weighted by Gasteiger charge is -2.31. The second-order valence-corrected chi connectivity index (χ2v) is 6.10. The highest BCUT2D eigenvalue weighted by molar-refractivity contribution is 5.56. The molecule has 1 saturated heterocycles. The van der Waals surface area contributed by atoms with Gasteiger partial charge < -0.3 is 10.6 Å². The van der Waals surface area contributed by atoms with Gasteiger partial charge in [0.05, 0.1) is 0 Å². The molecule has 3 atom stereocenters. The molecule has 1 aliphatic heterocycles. The SMILES string of the molecule is CCC(N)Cc1c(F)cccc1N1CC2CCC1C2. The van der Waals surface area contributed by atoms with Crippen molar-refractivity contribution in [1.82, 2.24) is 0 Å². The molecule has 19 heavy (non-hydrogen) atoms. The molecule has 1 aromatic rings. The van der Waals surface area contributed by atoms with Crippen LogP contribution in [0.4, 0.5) is 10.1 Å². The number of fused-ring (bicyclic) bond motifs is 2. The molecule has 0 radical (unpaired) electrons. The van der Waals surface area contributed by atoms with Crippen molar-refractivity contribution in [3.8, 4) is 0 Å². The summed E-state index contributed by atoms with van der Waals surface area (Å²) in [6, 6.07) is 6.15. The summed E-state index contributed by atoms with van der Waals surface area (Å²) in [6.45, 7) is 3.16. The zero-order valence-corrected chi connectivity index (χ0v) is 11.6. The molecule has 2 fully saturated rings. The number of rotatable bonds is 4. The van der Waals surface area contributed by atoms with E-state index >= 15 is 0 Å². The van der Waals surface area contributed by atoms with E-state index in [1.54, 1.807) is 6.07 Å². The topological polar surface area (TPSA) is 29.3 Å². The molecule has 3 unspecified atom stereocenters. The number of piperidine rings is 1.